The van der Waals surface area contributed by atoms with Crippen LogP contribution in [0.2, 0.25) is 0 Å². The summed E-state index contributed by atoms with van der Waals surface area (Å²) in [6, 6.07) is 26.2. The molecule has 0 fully saturated rings. The fourth-order valence-electron chi connectivity index (χ4n) is 4.27. The second-order valence-electron chi connectivity index (χ2n) is 8.15. The molecule has 32 heavy (non-hydrogen) atoms. The lowest BCUT2D eigenvalue weighted by atomic mass is 9.88. The molecule has 0 spiro atoms. The molecule has 0 aromatic heterocycles. The van der Waals surface area contributed by atoms with Gasteiger partial charge in [0, 0.05) is 21.1 Å². The Morgan fingerprint density at radius 3 is 1.47 bits per heavy atom. The van der Waals surface area contributed by atoms with E-state index >= 15 is 0 Å². The molecule has 3 heteroatoms. The van der Waals surface area contributed by atoms with Gasteiger partial charge >= 0.3 is 0 Å². The molecule has 0 aliphatic heterocycles. The van der Waals surface area contributed by atoms with Crippen molar-refractivity contribution in [2.24, 2.45) is 0 Å². The number of allylic oxidation sites excluding steroid dienone is 5. The van der Waals surface area contributed by atoms with Crippen LogP contribution in [0.15, 0.2) is 112 Å². The minimum Gasteiger partial charge on any atom is -0.235 e. The second-order valence-corrected chi connectivity index (χ2v) is 9.98. The second kappa shape index (κ2) is 8.65. The number of rotatable bonds is 2. The summed E-state index contributed by atoms with van der Waals surface area (Å²) in [5.74, 6) is 0. The van der Waals surface area contributed by atoms with E-state index in [-0.39, 0.29) is 0 Å². The van der Waals surface area contributed by atoms with Crippen LogP contribution >= 0.6 is 31.9 Å². The van der Waals surface area contributed by atoms with Crippen LogP contribution in [-0.4, -0.2) is 24.4 Å². The summed E-state index contributed by atoms with van der Waals surface area (Å²) in [5.41, 5.74) is 11.1. The predicted molar refractivity (Wildman–Crippen MR) is 143 cm³/mol. The summed E-state index contributed by atoms with van der Waals surface area (Å²) in [5, 5.41) is 0. The average molecular weight is 544 g/mol. The largest absolute Gasteiger partial charge is 0.235 e. The Morgan fingerprint density at radius 1 is 0.562 bits per heavy atom. The van der Waals surface area contributed by atoms with Crippen LogP contribution in [0, 0.1) is 0 Å². The van der Waals surface area contributed by atoms with E-state index in [1.807, 2.05) is 0 Å². The Balaban J connectivity index is 1.79. The molecule has 0 unspecified atom stereocenters. The minimum atomic E-state index is 1.08. The van der Waals surface area contributed by atoms with Crippen LogP contribution < -0.4 is 0 Å². The van der Waals surface area contributed by atoms with E-state index in [0.29, 0.717) is 0 Å². The average Bonchev–Trinajstić information content (AvgIpc) is 3.26. The van der Waals surface area contributed by atoms with Crippen molar-refractivity contribution in [3.63, 3.8) is 0 Å². The summed E-state index contributed by atoms with van der Waals surface area (Å²) in [4.78, 5) is 0. The number of halogens is 2. The quantitative estimate of drug-likeness (QED) is 0.225. The van der Waals surface area contributed by atoms with E-state index in [0.717, 1.165) is 8.95 Å². The highest BCUT2D eigenvalue weighted by Gasteiger charge is 2.21. The lowest BCUT2D eigenvalue weighted by Gasteiger charge is -2.14. The normalized spacial score (nSPS) is 13.2. The maximum absolute atomic E-state index is 3.62. The first kappa shape index (κ1) is 21.1. The topological polar surface area (TPSA) is 3.01 Å². The van der Waals surface area contributed by atoms with Crippen molar-refractivity contribution in [1.82, 2.24) is 0 Å². The van der Waals surface area contributed by atoms with Crippen LogP contribution in [-0.2, 0) is 0 Å². The molecule has 0 saturated heterocycles. The van der Waals surface area contributed by atoms with Crippen LogP contribution in [0.3, 0.4) is 0 Å². The molecule has 0 atom stereocenters. The smallest absolute Gasteiger partial charge is 0.199 e. The van der Waals surface area contributed by atoms with Crippen molar-refractivity contribution in [2.75, 3.05) is 14.1 Å². The number of hydrogen-bond acceptors (Lipinski definition) is 0. The highest BCUT2D eigenvalue weighted by atomic mass is 79.9. The molecule has 0 N–H and O–H groups in total. The summed E-state index contributed by atoms with van der Waals surface area (Å²) < 4.78 is 4.29. The minimum absolute atomic E-state index is 1.08. The summed E-state index contributed by atoms with van der Waals surface area (Å²) in [6.45, 7) is 0. The molecular weight excluding hydrogens is 522 g/mol. The maximum atomic E-state index is 3.62. The number of hydrogen-bond donors (Lipinski definition) is 0. The van der Waals surface area contributed by atoms with E-state index in [4.69, 9.17) is 0 Å². The highest BCUT2D eigenvalue weighted by molar-refractivity contribution is 9.10. The molecule has 0 saturated carbocycles. The Bertz CT molecular complexity index is 1300. The summed E-state index contributed by atoms with van der Waals surface area (Å²) in [6.07, 6.45) is 8.86. The van der Waals surface area contributed by atoms with Crippen LogP contribution in [0.4, 0.5) is 0 Å². The number of nitrogens with zero attached hydrogens (tertiary/aromatic N) is 1. The van der Waals surface area contributed by atoms with Gasteiger partial charge in [0.25, 0.3) is 0 Å². The molecule has 5 aliphatic carbocycles. The third-order valence-electron chi connectivity index (χ3n) is 5.94. The van der Waals surface area contributed by atoms with Crippen molar-refractivity contribution >= 4 is 43.1 Å². The fourth-order valence-corrected chi connectivity index (χ4v) is 4.80. The molecule has 0 bridgehead atoms. The van der Waals surface area contributed by atoms with Gasteiger partial charge in [0.15, 0.2) is 5.71 Å². The molecule has 0 aromatic carbocycles. The molecule has 0 amide bonds. The Kier molecular flexibility index (Phi) is 5.71. The molecular formula is C29H22Br2N+. The summed E-state index contributed by atoms with van der Waals surface area (Å²) in [7, 11) is 4.15. The zero-order valence-electron chi connectivity index (χ0n) is 17.9. The first-order valence-corrected chi connectivity index (χ1v) is 12.1. The zero-order valence-corrected chi connectivity index (χ0v) is 21.1. The Morgan fingerprint density at radius 2 is 1.00 bits per heavy atom. The maximum Gasteiger partial charge on any atom is 0.199 e. The van der Waals surface area contributed by atoms with Crippen molar-refractivity contribution in [1.29, 1.82) is 0 Å². The fraction of sp³-hybridized carbons (Fsp3) is 0.0690. The van der Waals surface area contributed by atoms with Gasteiger partial charge in [-0.05, 0) is 80.9 Å². The van der Waals surface area contributed by atoms with E-state index in [9.17, 15) is 0 Å². The van der Waals surface area contributed by atoms with Crippen molar-refractivity contribution in [3.05, 3.63) is 123 Å². The predicted octanol–water partition coefficient (Wildman–Crippen LogP) is 8.06. The third-order valence-corrected chi connectivity index (χ3v) is 6.99. The summed E-state index contributed by atoms with van der Waals surface area (Å²) >= 11 is 7.24. The van der Waals surface area contributed by atoms with Gasteiger partial charge in [-0.25, -0.2) is 4.58 Å². The van der Waals surface area contributed by atoms with Crippen LogP contribution in [0.5, 0.6) is 0 Å². The van der Waals surface area contributed by atoms with Gasteiger partial charge in [-0.3, -0.25) is 0 Å². The first-order chi connectivity index (χ1) is 15.5. The van der Waals surface area contributed by atoms with Gasteiger partial charge in [0.05, 0.1) is 0 Å². The van der Waals surface area contributed by atoms with Crippen LogP contribution in [0.25, 0.3) is 27.8 Å². The van der Waals surface area contributed by atoms with Gasteiger partial charge in [0.2, 0.25) is 0 Å². The Labute approximate surface area is 206 Å². The third kappa shape index (κ3) is 3.92. The molecule has 0 heterocycles. The van der Waals surface area contributed by atoms with Crippen molar-refractivity contribution in [2.45, 2.75) is 0 Å². The van der Waals surface area contributed by atoms with Gasteiger partial charge in [-0.2, -0.15) is 0 Å². The molecule has 0 radical (unpaired) electrons. The van der Waals surface area contributed by atoms with Crippen molar-refractivity contribution in [3.8, 4) is 22.3 Å². The first-order valence-electron chi connectivity index (χ1n) is 10.5. The molecule has 156 valence electrons. The SMILES string of the molecule is C[N+](C)=C1C=CC(=C(c2ccc3ccc(Br)ccc2-3)c2ccc3ccc(Br)ccc2-3)C=C1. The molecule has 1 nitrogen and oxygen atoms in total. The molecule has 5 aliphatic rings. The number of fused-ring (bicyclic) bond motifs is 2. The Hall–Kier alpha value is -2.75. The zero-order chi connectivity index (χ0) is 22.2. The monoisotopic (exact) mass is 542 g/mol. The van der Waals surface area contributed by atoms with E-state index in [2.05, 4.69) is 148 Å². The molecule has 5 rings (SSSR count). The van der Waals surface area contributed by atoms with Crippen molar-refractivity contribution < 1.29 is 4.58 Å². The molecule has 0 aromatic rings. The lowest BCUT2D eigenvalue weighted by Crippen LogP contribution is -2.10. The highest BCUT2D eigenvalue weighted by Crippen LogP contribution is 2.43. The van der Waals surface area contributed by atoms with E-state index in [1.165, 1.54) is 50.2 Å². The van der Waals surface area contributed by atoms with Gasteiger partial charge < -0.3 is 0 Å². The van der Waals surface area contributed by atoms with Gasteiger partial charge in [-0.1, -0.05) is 80.4 Å². The van der Waals surface area contributed by atoms with Gasteiger partial charge in [0.1, 0.15) is 14.1 Å². The lowest BCUT2D eigenvalue weighted by molar-refractivity contribution is -0.462. The van der Waals surface area contributed by atoms with Crippen LogP contribution in [0.1, 0.15) is 11.1 Å². The van der Waals surface area contributed by atoms with E-state index in [1.54, 1.807) is 0 Å². The van der Waals surface area contributed by atoms with E-state index < -0.39 is 0 Å². The standard InChI is InChI=1S/C29H22Br2N/c1-32(2)24-13-5-21(6-14-24)29(27-15-7-19-3-9-22(30)11-17-25(19)27)28-16-8-20-4-10-23(31)12-18-26(20)28/h3-18H,1-2H3/q+1. The van der Waals surface area contributed by atoms with Gasteiger partial charge in [-0.15, -0.1) is 0 Å².